The average Bonchev–Trinajstić information content (AvgIpc) is 3.24. The normalized spacial score (nSPS) is 30.9. The molecule has 4 atom stereocenters. The molecule has 0 spiro atoms. The van der Waals surface area contributed by atoms with Gasteiger partial charge >= 0.3 is 24.1 Å². The number of unbranched alkanes of at least 4 members (excludes halogenated alkanes) is 24. The van der Waals surface area contributed by atoms with Crippen LogP contribution in [0, 0.1) is 33.5 Å². The van der Waals surface area contributed by atoms with Crippen molar-refractivity contribution in [3.8, 4) is 0 Å². The van der Waals surface area contributed by atoms with E-state index in [1.54, 1.807) is 0 Å². The SMILES string of the molecule is CCCCCCCCCCCCCC(=O)OCOC(=O)NC12CC3CC(C)(CC(C)(C3)C1)C2.CCCCCCCCCCCCCCCCCC(=O)OCOC(=O)NC12CC3CC(C)(CC(C)(C3)C1)C2. The minimum Gasteiger partial charge on any atom is -0.428 e. The third-order valence-electron chi connectivity index (χ3n) is 17.8. The van der Waals surface area contributed by atoms with E-state index < -0.39 is 12.2 Å². The lowest BCUT2D eigenvalue weighted by molar-refractivity contribution is -0.154. The van der Waals surface area contributed by atoms with Gasteiger partial charge in [0.1, 0.15) is 0 Å². The Bertz CT molecular complexity index is 1550. The molecule has 0 radical (unpaired) electrons. The van der Waals surface area contributed by atoms with Gasteiger partial charge in [-0.2, -0.15) is 0 Å². The first-order valence-electron chi connectivity index (χ1n) is 29.7. The van der Waals surface area contributed by atoms with Gasteiger partial charge in [0.15, 0.2) is 0 Å². The van der Waals surface area contributed by atoms with E-state index in [1.807, 2.05) is 0 Å². The summed E-state index contributed by atoms with van der Waals surface area (Å²) in [6.07, 6.45) is 47.3. The Labute approximate surface area is 427 Å². The predicted octanol–water partition coefficient (Wildman–Crippen LogP) is 16.9. The molecule has 8 saturated carbocycles. The van der Waals surface area contributed by atoms with Crippen LogP contribution in [0.4, 0.5) is 9.59 Å². The maximum absolute atomic E-state index is 12.5. The van der Waals surface area contributed by atoms with Gasteiger partial charge in [-0.05, 0) is 123 Å². The number of alkyl carbamates (subject to hydrolysis) is 2. The van der Waals surface area contributed by atoms with Gasteiger partial charge in [0.2, 0.25) is 13.6 Å². The highest BCUT2D eigenvalue weighted by Gasteiger charge is 2.62. The van der Waals surface area contributed by atoms with Crippen LogP contribution in [0.25, 0.3) is 0 Å². The van der Waals surface area contributed by atoms with E-state index in [9.17, 15) is 19.2 Å². The van der Waals surface area contributed by atoms with Gasteiger partial charge in [0.05, 0.1) is 0 Å². The second-order valence-corrected chi connectivity index (χ2v) is 26.2. The first-order valence-corrected chi connectivity index (χ1v) is 29.7. The van der Waals surface area contributed by atoms with Gasteiger partial charge in [0, 0.05) is 23.9 Å². The Kier molecular flexibility index (Phi) is 24.0. The van der Waals surface area contributed by atoms with Crippen molar-refractivity contribution in [3.05, 3.63) is 0 Å². The van der Waals surface area contributed by atoms with Crippen LogP contribution < -0.4 is 10.6 Å². The van der Waals surface area contributed by atoms with Crippen molar-refractivity contribution < 1.29 is 38.1 Å². The minimum absolute atomic E-state index is 0.139. The highest BCUT2D eigenvalue weighted by Crippen LogP contribution is 2.67. The summed E-state index contributed by atoms with van der Waals surface area (Å²) in [6.45, 7) is 13.5. The third-order valence-corrected chi connectivity index (χ3v) is 17.8. The molecule has 404 valence electrons. The number of hydrogen-bond acceptors (Lipinski definition) is 8. The Morgan fingerprint density at radius 3 is 0.871 bits per heavy atom. The summed E-state index contributed by atoms with van der Waals surface area (Å²) in [7, 11) is 0. The molecule has 8 aliphatic rings. The molecule has 0 aromatic rings. The largest absolute Gasteiger partial charge is 0.428 e. The highest BCUT2D eigenvalue weighted by atomic mass is 16.7. The number of ether oxygens (including phenoxy) is 4. The van der Waals surface area contributed by atoms with Crippen molar-refractivity contribution in [1.29, 1.82) is 0 Å². The Morgan fingerprint density at radius 1 is 0.357 bits per heavy atom. The zero-order valence-electron chi connectivity index (χ0n) is 46.1. The van der Waals surface area contributed by atoms with Gasteiger partial charge in [-0.3, -0.25) is 9.59 Å². The Balaban J connectivity index is 0.000000262. The zero-order valence-corrected chi connectivity index (χ0v) is 46.1. The van der Waals surface area contributed by atoms with E-state index >= 15 is 0 Å². The first-order chi connectivity index (χ1) is 33.5. The van der Waals surface area contributed by atoms with Crippen molar-refractivity contribution in [2.24, 2.45) is 33.5 Å². The molecule has 70 heavy (non-hydrogen) atoms. The number of amides is 2. The van der Waals surface area contributed by atoms with E-state index in [4.69, 9.17) is 18.9 Å². The van der Waals surface area contributed by atoms with Gasteiger partial charge in [-0.15, -0.1) is 0 Å². The second-order valence-electron chi connectivity index (χ2n) is 26.2. The number of hydrogen-bond donors (Lipinski definition) is 2. The van der Waals surface area contributed by atoms with E-state index in [0.29, 0.717) is 46.3 Å². The molecule has 4 unspecified atom stereocenters. The van der Waals surface area contributed by atoms with E-state index in [-0.39, 0.29) is 36.6 Å². The number of carbonyl (C=O) groups is 4. The van der Waals surface area contributed by atoms with Gasteiger partial charge in [-0.1, -0.05) is 196 Å². The molecule has 2 N–H and O–H groups in total. The van der Waals surface area contributed by atoms with E-state index in [0.717, 1.165) is 64.2 Å². The lowest BCUT2D eigenvalue weighted by atomic mass is 9.43. The quantitative estimate of drug-likeness (QED) is 0.0370. The van der Waals surface area contributed by atoms with Crippen LogP contribution in [0.5, 0.6) is 0 Å². The summed E-state index contributed by atoms with van der Waals surface area (Å²) in [5.74, 6) is 0.880. The molecule has 8 bridgehead atoms. The summed E-state index contributed by atoms with van der Waals surface area (Å²) < 4.78 is 20.8. The van der Waals surface area contributed by atoms with Crippen molar-refractivity contribution in [2.75, 3.05) is 13.6 Å². The number of rotatable bonds is 34. The van der Waals surface area contributed by atoms with Crippen molar-refractivity contribution in [3.63, 3.8) is 0 Å². The fourth-order valence-electron chi connectivity index (χ4n) is 16.7. The molecule has 8 aliphatic carbocycles. The fraction of sp³-hybridized carbons (Fsp3) is 0.933. The first kappa shape index (κ1) is 58.4. The van der Waals surface area contributed by atoms with Crippen LogP contribution in [0.15, 0.2) is 0 Å². The third kappa shape index (κ3) is 20.4. The minimum atomic E-state index is -0.438. The Hall–Kier alpha value is -2.52. The van der Waals surface area contributed by atoms with Crippen LogP contribution in [0.3, 0.4) is 0 Å². The molecule has 2 amide bonds. The van der Waals surface area contributed by atoms with Crippen LogP contribution in [-0.2, 0) is 28.5 Å². The van der Waals surface area contributed by atoms with E-state index in [2.05, 4.69) is 52.2 Å². The monoisotopic (exact) mass is 983 g/mol. The molecule has 10 heteroatoms. The topological polar surface area (TPSA) is 129 Å². The van der Waals surface area contributed by atoms with Gasteiger partial charge in [-0.25, -0.2) is 9.59 Å². The van der Waals surface area contributed by atoms with Crippen LogP contribution in [-0.4, -0.2) is 48.8 Å². The predicted molar refractivity (Wildman–Crippen MR) is 282 cm³/mol. The highest BCUT2D eigenvalue weighted by molar-refractivity contribution is 5.71. The summed E-state index contributed by atoms with van der Waals surface area (Å²) in [5.41, 5.74) is 1.06. The lowest BCUT2D eigenvalue weighted by Gasteiger charge is -2.65. The van der Waals surface area contributed by atoms with Crippen LogP contribution in [0.2, 0.25) is 0 Å². The molecule has 0 aliphatic heterocycles. The van der Waals surface area contributed by atoms with E-state index in [1.165, 1.54) is 180 Å². The Morgan fingerprint density at radius 2 is 0.614 bits per heavy atom. The zero-order chi connectivity index (χ0) is 50.4. The molecule has 10 nitrogen and oxygen atoms in total. The molecule has 0 saturated heterocycles. The maximum atomic E-state index is 12.5. The standard InChI is InChI=1S/C32H57NO4.C28H49NO4/c1-4-5-6-7-8-9-10-11-12-13-14-15-16-17-18-19-28(34)36-26-37-29(35)33-32-22-27-20-30(2,24-32)23-31(3,21-27)25-32;1-4-5-6-7-8-9-10-11-12-13-14-15-24(30)32-22-33-25(31)29-28-18-23-16-26(2,20-28)19-27(3,17-23)21-28/h27H,4-26H2,1-3H3,(H,33,35);23H,4-22H2,1-3H3,(H,29,31). The summed E-state index contributed by atoms with van der Waals surface area (Å²) >= 11 is 0. The van der Waals surface area contributed by atoms with Crippen molar-refractivity contribution in [2.45, 2.75) is 309 Å². The molecular formula is C60H106N2O8. The molecular weight excluding hydrogens is 877 g/mol. The maximum Gasteiger partial charge on any atom is 0.410 e. The molecule has 8 rings (SSSR count). The van der Waals surface area contributed by atoms with Gasteiger partial charge < -0.3 is 29.6 Å². The second kappa shape index (κ2) is 28.8. The molecule has 0 heterocycles. The molecule has 8 fully saturated rings. The van der Waals surface area contributed by atoms with Crippen LogP contribution in [0.1, 0.15) is 298 Å². The summed E-state index contributed by atoms with van der Waals surface area (Å²) in [6, 6.07) is 0. The number of nitrogens with one attached hydrogen (secondary N) is 2. The molecule has 0 aromatic carbocycles. The number of carbonyl (C=O) groups excluding carboxylic acids is 4. The fourth-order valence-corrected chi connectivity index (χ4v) is 16.7. The lowest BCUT2D eigenvalue weighted by Crippen LogP contribution is -2.65. The molecule has 0 aromatic heterocycles. The summed E-state index contributed by atoms with van der Waals surface area (Å²) in [5, 5.41) is 6.38. The number of esters is 2. The average molecular weight is 984 g/mol. The summed E-state index contributed by atoms with van der Waals surface area (Å²) in [4.78, 5) is 48.9. The van der Waals surface area contributed by atoms with Gasteiger partial charge in [0.25, 0.3) is 0 Å². The van der Waals surface area contributed by atoms with Crippen LogP contribution >= 0.6 is 0 Å². The van der Waals surface area contributed by atoms with Crippen molar-refractivity contribution >= 4 is 24.1 Å². The smallest absolute Gasteiger partial charge is 0.410 e. The van der Waals surface area contributed by atoms with Crippen molar-refractivity contribution in [1.82, 2.24) is 10.6 Å².